The Hall–Kier alpha value is -1.69. The van der Waals surface area contributed by atoms with E-state index in [9.17, 15) is 4.79 Å². The number of amides is 1. The van der Waals surface area contributed by atoms with E-state index < -0.39 is 0 Å². The first-order valence-corrected chi connectivity index (χ1v) is 7.02. The van der Waals surface area contributed by atoms with Crippen molar-refractivity contribution in [2.24, 2.45) is 7.05 Å². The molecule has 2 aromatic rings. The third-order valence-corrected chi connectivity index (χ3v) is 3.95. The molecule has 0 spiro atoms. The lowest BCUT2D eigenvalue weighted by atomic mass is 10.2. The van der Waals surface area contributed by atoms with Crippen molar-refractivity contribution in [1.29, 1.82) is 0 Å². The summed E-state index contributed by atoms with van der Waals surface area (Å²) in [4.78, 5) is 16.1. The first-order valence-electron chi connectivity index (χ1n) is 6.14. The maximum atomic E-state index is 11.9. The van der Waals surface area contributed by atoms with Crippen LogP contribution in [-0.4, -0.2) is 20.7 Å². The minimum Gasteiger partial charge on any atom is -0.352 e. The number of hydrogen-bond donors (Lipinski definition) is 1. The van der Waals surface area contributed by atoms with Crippen molar-refractivity contribution in [3.8, 4) is 0 Å². The van der Waals surface area contributed by atoms with Crippen LogP contribution in [0.25, 0.3) is 0 Å². The third-order valence-electron chi connectivity index (χ3n) is 3.13. The van der Waals surface area contributed by atoms with Crippen LogP contribution in [0.2, 0.25) is 0 Å². The number of aryl methyl sites for hydroxylation is 3. The van der Waals surface area contributed by atoms with E-state index in [-0.39, 0.29) is 5.91 Å². The Morgan fingerprint density at radius 1 is 1.42 bits per heavy atom. The van der Waals surface area contributed by atoms with Crippen molar-refractivity contribution >= 4 is 17.2 Å². The molecule has 0 aliphatic rings. The summed E-state index contributed by atoms with van der Waals surface area (Å²) in [6.45, 7) is 6.42. The minimum atomic E-state index is -0.00652. The second-order valence-electron chi connectivity index (χ2n) is 4.58. The van der Waals surface area contributed by atoms with Gasteiger partial charge >= 0.3 is 0 Å². The Bertz CT molecular complexity index is 600. The fourth-order valence-corrected chi connectivity index (χ4v) is 2.59. The SMILES string of the molecule is Cc1nc(CC(=O)NCc2c(C)nn(C)c2C)cs1. The van der Waals surface area contributed by atoms with Crippen LogP contribution >= 0.6 is 11.3 Å². The predicted molar refractivity (Wildman–Crippen MR) is 75.1 cm³/mol. The number of thiazole rings is 1. The molecule has 0 saturated carbocycles. The maximum absolute atomic E-state index is 11.9. The number of carbonyl (C=O) groups is 1. The Balaban J connectivity index is 1.93. The highest BCUT2D eigenvalue weighted by Crippen LogP contribution is 2.12. The number of nitrogens with one attached hydrogen (secondary N) is 1. The van der Waals surface area contributed by atoms with Crippen LogP contribution < -0.4 is 5.32 Å². The van der Waals surface area contributed by atoms with E-state index in [2.05, 4.69) is 15.4 Å². The maximum Gasteiger partial charge on any atom is 0.226 e. The van der Waals surface area contributed by atoms with Crippen LogP contribution in [0.3, 0.4) is 0 Å². The van der Waals surface area contributed by atoms with Gasteiger partial charge in [-0.1, -0.05) is 0 Å². The van der Waals surface area contributed by atoms with E-state index in [0.29, 0.717) is 13.0 Å². The summed E-state index contributed by atoms with van der Waals surface area (Å²) in [5, 5.41) is 10.2. The van der Waals surface area contributed by atoms with Gasteiger partial charge in [-0.2, -0.15) is 5.10 Å². The standard InChI is InChI=1S/C13H18N4OS/c1-8-12(9(2)17(4)16-8)6-14-13(18)5-11-7-19-10(3)15-11/h7H,5-6H2,1-4H3,(H,14,18). The number of carbonyl (C=O) groups excluding carboxylic acids is 1. The summed E-state index contributed by atoms with van der Waals surface area (Å²) < 4.78 is 1.83. The Labute approximate surface area is 116 Å². The van der Waals surface area contributed by atoms with Gasteiger partial charge < -0.3 is 5.32 Å². The van der Waals surface area contributed by atoms with Crippen LogP contribution in [-0.2, 0) is 24.8 Å². The summed E-state index contributed by atoms with van der Waals surface area (Å²) in [7, 11) is 1.91. The van der Waals surface area contributed by atoms with Gasteiger partial charge in [0.15, 0.2) is 0 Å². The number of rotatable bonds is 4. The molecule has 0 saturated heterocycles. The van der Waals surface area contributed by atoms with E-state index in [0.717, 1.165) is 27.7 Å². The monoisotopic (exact) mass is 278 g/mol. The number of hydrogen-bond acceptors (Lipinski definition) is 4. The van der Waals surface area contributed by atoms with E-state index in [1.54, 1.807) is 11.3 Å². The topological polar surface area (TPSA) is 59.8 Å². The zero-order chi connectivity index (χ0) is 14.0. The van der Waals surface area contributed by atoms with E-state index >= 15 is 0 Å². The van der Waals surface area contributed by atoms with E-state index in [1.807, 2.05) is 37.9 Å². The molecule has 2 rings (SSSR count). The Morgan fingerprint density at radius 2 is 2.16 bits per heavy atom. The van der Waals surface area contributed by atoms with E-state index in [1.165, 1.54) is 0 Å². The molecule has 2 aromatic heterocycles. The van der Waals surface area contributed by atoms with Gasteiger partial charge in [-0.05, 0) is 20.8 Å². The summed E-state index contributed by atoms with van der Waals surface area (Å²) in [6, 6.07) is 0. The minimum absolute atomic E-state index is 0.00652. The molecule has 0 atom stereocenters. The average molecular weight is 278 g/mol. The number of aromatic nitrogens is 3. The van der Waals surface area contributed by atoms with Crippen LogP contribution in [0.4, 0.5) is 0 Å². The molecule has 1 N–H and O–H groups in total. The molecule has 0 fully saturated rings. The van der Waals surface area contributed by atoms with Gasteiger partial charge in [0.25, 0.3) is 0 Å². The molecule has 6 heteroatoms. The fourth-order valence-electron chi connectivity index (χ4n) is 1.98. The summed E-state index contributed by atoms with van der Waals surface area (Å²) in [6.07, 6.45) is 0.336. The lowest BCUT2D eigenvalue weighted by Crippen LogP contribution is -2.25. The molecule has 0 unspecified atom stereocenters. The molecule has 102 valence electrons. The molecular weight excluding hydrogens is 260 g/mol. The van der Waals surface area contributed by atoms with Crippen molar-refractivity contribution in [2.75, 3.05) is 0 Å². The highest BCUT2D eigenvalue weighted by atomic mass is 32.1. The van der Waals surface area contributed by atoms with Crippen molar-refractivity contribution in [1.82, 2.24) is 20.1 Å². The fraction of sp³-hybridized carbons (Fsp3) is 0.462. The smallest absolute Gasteiger partial charge is 0.226 e. The lowest BCUT2D eigenvalue weighted by Gasteiger charge is -2.04. The Kier molecular flexibility index (Phi) is 3.99. The summed E-state index contributed by atoms with van der Waals surface area (Å²) in [5.41, 5.74) is 3.97. The van der Waals surface area contributed by atoms with Crippen molar-refractivity contribution in [2.45, 2.75) is 33.7 Å². The molecule has 5 nitrogen and oxygen atoms in total. The molecular formula is C13H18N4OS. The molecule has 2 heterocycles. The summed E-state index contributed by atoms with van der Waals surface area (Å²) >= 11 is 1.56. The first-order chi connectivity index (χ1) is 8.97. The predicted octanol–water partition coefficient (Wildman–Crippen LogP) is 1.66. The largest absolute Gasteiger partial charge is 0.352 e. The molecule has 1 amide bonds. The van der Waals surface area contributed by atoms with Gasteiger partial charge in [-0.3, -0.25) is 9.48 Å². The molecule has 0 aliphatic carbocycles. The van der Waals surface area contributed by atoms with Crippen molar-refractivity contribution in [3.05, 3.63) is 33.0 Å². The first kappa shape index (κ1) is 13.7. The zero-order valence-corrected chi connectivity index (χ0v) is 12.5. The van der Waals surface area contributed by atoms with Gasteiger partial charge in [0.2, 0.25) is 5.91 Å². The highest BCUT2D eigenvalue weighted by Gasteiger charge is 2.11. The molecule has 19 heavy (non-hydrogen) atoms. The second kappa shape index (κ2) is 5.52. The van der Waals surface area contributed by atoms with Gasteiger partial charge in [0.1, 0.15) is 0 Å². The second-order valence-corrected chi connectivity index (χ2v) is 5.65. The van der Waals surface area contributed by atoms with Crippen LogP contribution in [0.15, 0.2) is 5.38 Å². The Morgan fingerprint density at radius 3 is 2.68 bits per heavy atom. The summed E-state index contributed by atoms with van der Waals surface area (Å²) in [5.74, 6) is -0.00652. The molecule has 0 aromatic carbocycles. The highest BCUT2D eigenvalue weighted by molar-refractivity contribution is 7.09. The lowest BCUT2D eigenvalue weighted by molar-refractivity contribution is -0.120. The molecule has 0 bridgehead atoms. The van der Waals surface area contributed by atoms with Gasteiger partial charge in [0.05, 0.1) is 22.8 Å². The van der Waals surface area contributed by atoms with E-state index in [4.69, 9.17) is 0 Å². The van der Waals surface area contributed by atoms with Crippen molar-refractivity contribution < 1.29 is 4.79 Å². The van der Waals surface area contributed by atoms with Gasteiger partial charge in [0, 0.05) is 30.2 Å². The number of nitrogens with zero attached hydrogens (tertiary/aromatic N) is 3. The normalized spacial score (nSPS) is 10.7. The quantitative estimate of drug-likeness (QED) is 0.925. The van der Waals surface area contributed by atoms with Gasteiger partial charge in [-0.15, -0.1) is 11.3 Å². The van der Waals surface area contributed by atoms with Crippen LogP contribution in [0.5, 0.6) is 0 Å². The third kappa shape index (κ3) is 3.20. The van der Waals surface area contributed by atoms with Crippen LogP contribution in [0.1, 0.15) is 27.7 Å². The van der Waals surface area contributed by atoms with Crippen molar-refractivity contribution in [3.63, 3.8) is 0 Å². The van der Waals surface area contributed by atoms with Crippen LogP contribution in [0, 0.1) is 20.8 Å². The molecule has 0 aliphatic heterocycles. The average Bonchev–Trinajstić information content (AvgIpc) is 2.83. The molecule has 0 radical (unpaired) electrons. The zero-order valence-electron chi connectivity index (χ0n) is 11.6. The van der Waals surface area contributed by atoms with Gasteiger partial charge in [-0.25, -0.2) is 4.98 Å².